The third-order valence-corrected chi connectivity index (χ3v) is 2.76. The van der Waals surface area contributed by atoms with E-state index in [-0.39, 0.29) is 4.90 Å². The van der Waals surface area contributed by atoms with Gasteiger partial charge in [-0.2, -0.15) is 8.42 Å². The van der Waals surface area contributed by atoms with Crippen molar-refractivity contribution in [2.75, 3.05) is 6.61 Å². The maximum Gasteiger partial charge on any atom is 0.332 e. The molecular weight excluding hydrogens is 195 g/mol. The van der Waals surface area contributed by atoms with Gasteiger partial charge >= 0.3 is 10.2 Å². The van der Waals surface area contributed by atoms with Crippen LogP contribution in [0.4, 0.5) is 3.89 Å². The Hall–Kier alpha value is -1.10. The summed E-state index contributed by atoms with van der Waals surface area (Å²) in [6.07, 6.45) is 0.638. The van der Waals surface area contributed by atoms with Gasteiger partial charge in [0.1, 0.15) is 5.75 Å². The molecule has 0 unspecified atom stereocenters. The quantitative estimate of drug-likeness (QED) is 0.644. The highest BCUT2D eigenvalue weighted by Gasteiger charge is 2.17. The van der Waals surface area contributed by atoms with Crippen LogP contribution in [0, 0.1) is 0 Å². The maximum absolute atomic E-state index is 12.5. The van der Waals surface area contributed by atoms with Crippen LogP contribution in [-0.2, 0) is 16.6 Å². The molecule has 1 heterocycles. The Labute approximate surface area is 75.4 Å². The highest BCUT2D eigenvalue weighted by atomic mass is 32.3. The van der Waals surface area contributed by atoms with Gasteiger partial charge in [-0.3, -0.25) is 0 Å². The van der Waals surface area contributed by atoms with E-state index in [0.29, 0.717) is 18.8 Å². The van der Waals surface area contributed by atoms with Gasteiger partial charge in [0.05, 0.1) is 11.5 Å². The van der Waals surface area contributed by atoms with Crippen LogP contribution in [0.3, 0.4) is 0 Å². The first-order valence-corrected chi connectivity index (χ1v) is 5.16. The lowest BCUT2D eigenvalue weighted by atomic mass is 10.2. The molecule has 1 aromatic carbocycles. The zero-order valence-electron chi connectivity index (χ0n) is 6.66. The van der Waals surface area contributed by atoms with Gasteiger partial charge in [-0.1, -0.05) is 0 Å². The Kier molecular flexibility index (Phi) is 1.76. The van der Waals surface area contributed by atoms with Crippen LogP contribution in [-0.4, -0.2) is 15.0 Å². The first-order chi connectivity index (χ1) is 6.07. The van der Waals surface area contributed by atoms with Crippen molar-refractivity contribution in [3.8, 4) is 5.75 Å². The second kappa shape index (κ2) is 2.70. The molecule has 0 aliphatic carbocycles. The number of hydrogen-bond acceptors (Lipinski definition) is 3. The second-order valence-electron chi connectivity index (χ2n) is 2.81. The van der Waals surface area contributed by atoms with E-state index in [1.807, 2.05) is 0 Å². The second-order valence-corrected chi connectivity index (χ2v) is 4.15. The predicted octanol–water partition coefficient (Wildman–Crippen LogP) is 1.28. The first-order valence-electron chi connectivity index (χ1n) is 3.78. The molecule has 0 aromatic heterocycles. The fourth-order valence-corrected chi connectivity index (χ4v) is 1.83. The molecule has 1 aliphatic heterocycles. The smallest absolute Gasteiger partial charge is 0.332 e. The summed E-state index contributed by atoms with van der Waals surface area (Å²) in [7, 11) is -4.58. The molecule has 1 aliphatic rings. The van der Waals surface area contributed by atoms with Crippen LogP contribution in [0.5, 0.6) is 5.75 Å². The van der Waals surface area contributed by atoms with E-state index in [4.69, 9.17) is 4.74 Å². The molecule has 0 saturated carbocycles. The molecule has 0 amide bonds. The van der Waals surface area contributed by atoms with Crippen molar-refractivity contribution < 1.29 is 17.0 Å². The van der Waals surface area contributed by atoms with Gasteiger partial charge in [0.25, 0.3) is 0 Å². The third kappa shape index (κ3) is 1.51. The predicted molar refractivity (Wildman–Crippen MR) is 43.9 cm³/mol. The molecule has 13 heavy (non-hydrogen) atoms. The summed E-state index contributed by atoms with van der Waals surface area (Å²) in [4.78, 5) is -0.295. The van der Waals surface area contributed by atoms with Crippen LogP contribution >= 0.6 is 0 Å². The van der Waals surface area contributed by atoms with E-state index in [9.17, 15) is 12.3 Å². The van der Waals surface area contributed by atoms with E-state index >= 15 is 0 Å². The van der Waals surface area contributed by atoms with Crippen molar-refractivity contribution in [3.63, 3.8) is 0 Å². The van der Waals surface area contributed by atoms with E-state index < -0.39 is 10.2 Å². The van der Waals surface area contributed by atoms with Gasteiger partial charge in [-0.05, 0) is 23.8 Å². The van der Waals surface area contributed by atoms with Gasteiger partial charge in [-0.25, -0.2) is 0 Å². The molecule has 5 heteroatoms. The van der Waals surface area contributed by atoms with Gasteiger partial charge in [0.15, 0.2) is 0 Å². The number of hydrogen-bond donors (Lipinski definition) is 0. The molecule has 0 N–H and O–H groups in total. The van der Waals surface area contributed by atoms with Crippen LogP contribution in [0.1, 0.15) is 5.56 Å². The average Bonchev–Trinajstić information content (AvgIpc) is 2.47. The summed E-state index contributed by atoms with van der Waals surface area (Å²) >= 11 is 0. The summed E-state index contributed by atoms with van der Waals surface area (Å²) in [6.45, 7) is 0.533. The standard InChI is InChI=1S/C8H7FO3S/c9-13(10,11)7-1-2-8-6(5-7)3-4-12-8/h1-2,5H,3-4H2. The van der Waals surface area contributed by atoms with E-state index in [1.165, 1.54) is 18.2 Å². The number of benzene rings is 1. The van der Waals surface area contributed by atoms with Crippen molar-refractivity contribution in [2.45, 2.75) is 11.3 Å². The van der Waals surface area contributed by atoms with Crippen LogP contribution < -0.4 is 4.74 Å². The molecular formula is C8H7FO3S. The van der Waals surface area contributed by atoms with Crippen molar-refractivity contribution in [1.82, 2.24) is 0 Å². The summed E-state index contributed by atoms with van der Waals surface area (Å²) < 4.78 is 38.7. The number of halogens is 1. The summed E-state index contributed by atoms with van der Waals surface area (Å²) in [5.74, 6) is 0.646. The van der Waals surface area contributed by atoms with E-state index in [2.05, 4.69) is 0 Å². The zero-order chi connectivity index (χ0) is 9.47. The molecule has 1 aromatic rings. The number of fused-ring (bicyclic) bond motifs is 1. The lowest BCUT2D eigenvalue weighted by Crippen LogP contribution is -1.92. The largest absolute Gasteiger partial charge is 0.493 e. The van der Waals surface area contributed by atoms with Crippen molar-refractivity contribution in [3.05, 3.63) is 23.8 Å². The summed E-state index contributed by atoms with van der Waals surface area (Å²) in [5.41, 5.74) is 0.749. The monoisotopic (exact) mass is 202 g/mol. The van der Waals surface area contributed by atoms with Crippen molar-refractivity contribution >= 4 is 10.2 Å². The van der Waals surface area contributed by atoms with E-state index in [0.717, 1.165) is 5.56 Å². The van der Waals surface area contributed by atoms with Crippen molar-refractivity contribution in [2.24, 2.45) is 0 Å². The fourth-order valence-electron chi connectivity index (χ4n) is 1.31. The molecule has 2 rings (SSSR count). The SMILES string of the molecule is O=S(=O)(F)c1ccc2c(c1)CCO2. The Morgan fingerprint density at radius 1 is 1.38 bits per heavy atom. The van der Waals surface area contributed by atoms with Crippen LogP contribution in [0.2, 0.25) is 0 Å². The molecule has 3 nitrogen and oxygen atoms in total. The lowest BCUT2D eigenvalue weighted by Gasteiger charge is -1.99. The first kappa shape index (κ1) is 8.50. The molecule has 0 radical (unpaired) electrons. The Bertz CT molecular complexity index is 439. The van der Waals surface area contributed by atoms with Crippen LogP contribution in [0.15, 0.2) is 23.1 Å². The molecule has 0 spiro atoms. The molecule has 0 fully saturated rings. The van der Waals surface area contributed by atoms with Gasteiger partial charge in [0, 0.05) is 6.42 Å². The highest BCUT2D eigenvalue weighted by molar-refractivity contribution is 7.86. The number of ether oxygens (including phenoxy) is 1. The Balaban J connectivity index is 2.54. The summed E-state index contributed by atoms with van der Waals surface area (Å²) in [6, 6.07) is 4.01. The van der Waals surface area contributed by atoms with Gasteiger partial charge in [-0.15, -0.1) is 3.89 Å². The lowest BCUT2D eigenvalue weighted by molar-refractivity contribution is 0.356. The maximum atomic E-state index is 12.5. The van der Waals surface area contributed by atoms with E-state index in [1.54, 1.807) is 0 Å². The zero-order valence-corrected chi connectivity index (χ0v) is 7.47. The topological polar surface area (TPSA) is 43.4 Å². The normalized spacial score (nSPS) is 15.2. The minimum atomic E-state index is -4.58. The van der Waals surface area contributed by atoms with Gasteiger partial charge in [0.2, 0.25) is 0 Å². The summed E-state index contributed by atoms with van der Waals surface area (Å²) in [5, 5.41) is 0. The molecule has 0 saturated heterocycles. The van der Waals surface area contributed by atoms with Gasteiger partial charge < -0.3 is 4.74 Å². The molecule has 0 atom stereocenters. The fraction of sp³-hybridized carbons (Fsp3) is 0.250. The minimum absolute atomic E-state index is 0.295. The average molecular weight is 202 g/mol. The minimum Gasteiger partial charge on any atom is -0.493 e. The third-order valence-electron chi connectivity index (χ3n) is 1.94. The van der Waals surface area contributed by atoms with Crippen molar-refractivity contribution in [1.29, 1.82) is 0 Å². The highest BCUT2D eigenvalue weighted by Crippen LogP contribution is 2.27. The molecule has 70 valence electrons. The van der Waals surface area contributed by atoms with Crippen LogP contribution in [0.25, 0.3) is 0 Å². The Morgan fingerprint density at radius 3 is 2.85 bits per heavy atom. The molecule has 0 bridgehead atoms. The number of rotatable bonds is 1. The Morgan fingerprint density at radius 2 is 2.15 bits per heavy atom.